The van der Waals surface area contributed by atoms with E-state index in [2.05, 4.69) is 48.7 Å². The van der Waals surface area contributed by atoms with Gasteiger partial charge in [0.2, 0.25) is 0 Å². The van der Waals surface area contributed by atoms with Crippen LogP contribution in [0.4, 0.5) is 0 Å². The predicted octanol–water partition coefficient (Wildman–Crippen LogP) is 14.1. The van der Waals surface area contributed by atoms with Gasteiger partial charge in [-0.2, -0.15) is 0 Å². The molecule has 11 heteroatoms. The number of Topliss-reactive ketones (excluding diaryl/α,β-unsaturated/α-hetero) is 5. The molecule has 0 saturated heterocycles. The summed E-state index contributed by atoms with van der Waals surface area (Å²) < 4.78 is 11.5. The number of carbonyl (C=O) groups is 7. The standard InChI is InChI=1S/2C13H14O3.2C11H11BrO.C11H12O/c1-16-13(15)11-7-4-6-10-9(11)5-2-3-8-12(10)14;1-16-13(15)10-7-6-9-4-2-3-5-12(14)11(9)8-10;12-10-6-3-5-9-8(10)4-1-2-7-11(9)13;12-9-6-5-8-3-1-2-4-11(13)10(8)7-9;12-11-8-4-2-6-9-5-1-3-7-10(9)11/h4,6-7H,2-3,5,8H2,1H3;6-8H,2-5H2,1H3;3,5-6H,1-2,4,7H2;5-7H,1-4H2;1,3,5,7H,2,4,6,8H2. The van der Waals surface area contributed by atoms with E-state index in [1.807, 2.05) is 54.6 Å². The lowest BCUT2D eigenvalue weighted by Crippen LogP contribution is -2.09. The largest absolute Gasteiger partial charge is 0.465 e. The molecule has 0 atom stereocenters. The van der Waals surface area contributed by atoms with Crippen molar-refractivity contribution < 1.29 is 43.0 Å². The van der Waals surface area contributed by atoms with E-state index < -0.39 is 0 Å². The first-order valence-electron chi connectivity index (χ1n) is 24.6. The number of hydrogen-bond donors (Lipinski definition) is 0. The van der Waals surface area contributed by atoms with Gasteiger partial charge >= 0.3 is 11.9 Å². The van der Waals surface area contributed by atoms with E-state index in [0.29, 0.717) is 65.3 Å². The van der Waals surface area contributed by atoms with E-state index >= 15 is 0 Å². The van der Waals surface area contributed by atoms with E-state index in [1.54, 1.807) is 30.3 Å². The highest BCUT2D eigenvalue weighted by molar-refractivity contribution is 9.10. The normalized spacial score (nSPS) is 16.0. The molecule has 0 aromatic heterocycles. The van der Waals surface area contributed by atoms with Gasteiger partial charge in [-0.3, -0.25) is 24.0 Å². The molecule has 0 heterocycles. The number of esters is 2. The summed E-state index contributed by atoms with van der Waals surface area (Å²) in [5, 5.41) is 0. The second kappa shape index (κ2) is 27.1. The van der Waals surface area contributed by atoms with E-state index in [-0.39, 0.29) is 23.5 Å². The summed E-state index contributed by atoms with van der Waals surface area (Å²) in [6.45, 7) is 0. The Kier molecular flexibility index (Phi) is 20.8. The first-order chi connectivity index (χ1) is 33.9. The van der Waals surface area contributed by atoms with Crippen LogP contribution >= 0.6 is 31.9 Å². The molecule has 5 aliphatic rings. The van der Waals surface area contributed by atoms with Gasteiger partial charge in [0.25, 0.3) is 0 Å². The fraction of sp³-hybridized carbons (Fsp3) is 0.373. The number of ether oxygens (including phenoxy) is 2. The van der Waals surface area contributed by atoms with Gasteiger partial charge in [-0.1, -0.05) is 92.5 Å². The minimum Gasteiger partial charge on any atom is -0.465 e. The first kappa shape index (κ1) is 53.7. The van der Waals surface area contributed by atoms with Crippen molar-refractivity contribution in [2.45, 2.75) is 128 Å². The summed E-state index contributed by atoms with van der Waals surface area (Å²) in [5.74, 6) is 0.452. The Morgan fingerprint density at radius 2 is 0.800 bits per heavy atom. The van der Waals surface area contributed by atoms with Crippen LogP contribution < -0.4 is 0 Å². The maximum absolute atomic E-state index is 11.8. The van der Waals surface area contributed by atoms with Crippen molar-refractivity contribution in [2.75, 3.05) is 14.2 Å². The van der Waals surface area contributed by atoms with Crippen molar-refractivity contribution in [3.05, 3.63) is 173 Å². The average molecular weight is 1070 g/mol. The molecule has 5 aromatic carbocycles. The summed E-state index contributed by atoms with van der Waals surface area (Å²) in [6, 6.07) is 30.4. The second-order valence-electron chi connectivity index (χ2n) is 18.1. The fourth-order valence-electron chi connectivity index (χ4n) is 9.48. The Hall–Kier alpha value is -5.65. The molecular weight excluding hydrogens is 1010 g/mol. The van der Waals surface area contributed by atoms with Crippen LogP contribution in [0.1, 0.15) is 197 Å². The van der Waals surface area contributed by atoms with Gasteiger partial charge in [0, 0.05) is 68.9 Å². The Balaban J connectivity index is 0.000000144. The maximum atomic E-state index is 11.8. The maximum Gasteiger partial charge on any atom is 0.338 e. The zero-order valence-corrected chi connectivity index (χ0v) is 43.5. The van der Waals surface area contributed by atoms with E-state index in [0.717, 1.165) is 139 Å². The number of fused-ring (bicyclic) bond motifs is 5. The van der Waals surface area contributed by atoms with Crippen LogP contribution in [0.2, 0.25) is 0 Å². The van der Waals surface area contributed by atoms with Crippen molar-refractivity contribution >= 4 is 72.7 Å². The number of benzene rings is 5. The molecule has 0 saturated carbocycles. The smallest absolute Gasteiger partial charge is 0.338 e. The average Bonchev–Trinajstić information content (AvgIpc) is 3.93. The van der Waals surface area contributed by atoms with Crippen LogP contribution in [0.5, 0.6) is 0 Å². The molecule has 0 radical (unpaired) electrons. The fourth-order valence-corrected chi connectivity index (χ4v) is 10.4. The number of ketones is 5. The van der Waals surface area contributed by atoms with Crippen molar-refractivity contribution in [2.24, 2.45) is 0 Å². The predicted molar refractivity (Wildman–Crippen MR) is 280 cm³/mol. The highest BCUT2D eigenvalue weighted by Crippen LogP contribution is 2.29. The van der Waals surface area contributed by atoms with Crippen molar-refractivity contribution in [1.29, 1.82) is 0 Å². The lowest BCUT2D eigenvalue weighted by molar-refractivity contribution is 0.0591. The molecule has 0 spiro atoms. The van der Waals surface area contributed by atoms with Crippen LogP contribution in [0.15, 0.2) is 106 Å². The molecule has 0 amide bonds. The molecule has 0 aliphatic heterocycles. The van der Waals surface area contributed by atoms with Crippen molar-refractivity contribution in [1.82, 2.24) is 0 Å². The molecule has 5 aliphatic carbocycles. The third-order valence-electron chi connectivity index (χ3n) is 13.3. The number of carbonyl (C=O) groups excluding carboxylic acids is 7. The lowest BCUT2D eigenvalue weighted by atomic mass is 9.96. The molecule has 366 valence electrons. The molecule has 0 fully saturated rings. The van der Waals surface area contributed by atoms with Crippen LogP contribution in [0.3, 0.4) is 0 Å². The zero-order valence-electron chi connectivity index (χ0n) is 40.3. The summed E-state index contributed by atoms with van der Waals surface area (Å²) >= 11 is 6.88. The van der Waals surface area contributed by atoms with Gasteiger partial charge < -0.3 is 9.47 Å². The second-order valence-corrected chi connectivity index (χ2v) is 19.8. The van der Waals surface area contributed by atoms with E-state index in [9.17, 15) is 33.6 Å². The number of aryl methyl sites for hydroxylation is 3. The van der Waals surface area contributed by atoms with Gasteiger partial charge in [0.05, 0.1) is 25.3 Å². The highest BCUT2D eigenvalue weighted by atomic mass is 79.9. The van der Waals surface area contributed by atoms with Crippen LogP contribution in [0, 0.1) is 0 Å². The number of methoxy groups -OCH3 is 2. The summed E-state index contributed by atoms with van der Waals surface area (Å²) in [5.41, 5.74) is 10.7. The Morgan fingerprint density at radius 1 is 0.386 bits per heavy atom. The molecule has 10 rings (SSSR count). The van der Waals surface area contributed by atoms with Gasteiger partial charge in [0.1, 0.15) is 0 Å². The van der Waals surface area contributed by atoms with E-state index in [4.69, 9.17) is 4.74 Å². The minimum absolute atomic E-state index is 0.137. The quantitative estimate of drug-likeness (QED) is 0.125. The molecule has 70 heavy (non-hydrogen) atoms. The van der Waals surface area contributed by atoms with Gasteiger partial charge in [-0.15, -0.1) is 0 Å². The summed E-state index contributed by atoms with van der Waals surface area (Å²) in [4.78, 5) is 81.3. The highest BCUT2D eigenvalue weighted by Gasteiger charge is 2.22. The first-order valence-corrected chi connectivity index (χ1v) is 26.2. The van der Waals surface area contributed by atoms with Gasteiger partial charge in [0.15, 0.2) is 28.9 Å². The number of rotatable bonds is 2. The third-order valence-corrected chi connectivity index (χ3v) is 14.5. The Labute approximate surface area is 428 Å². The van der Waals surface area contributed by atoms with Crippen LogP contribution in [-0.2, 0) is 41.6 Å². The number of halogens is 2. The van der Waals surface area contributed by atoms with E-state index in [1.165, 1.54) is 30.9 Å². The topological polar surface area (TPSA) is 138 Å². The molecule has 0 unspecified atom stereocenters. The SMILES string of the molecule is COC(=O)c1ccc2c(c1)C(=O)CCCC2.COC(=O)c1cccc2c1CCCCC2=O.O=C1CCCCc2c(Br)cccc21.O=C1CCCCc2ccc(Br)cc21.O=C1CCCCc2ccccc21. The molecule has 0 bridgehead atoms. The van der Waals surface area contributed by atoms with Gasteiger partial charge in [-0.25, -0.2) is 9.59 Å². The summed E-state index contributed by atoms with van der Waals surface area (Å²) in [6.07, 6.45) is 18.5. The van der Waals surface area contributed by atoms with Crippen LogP contribution in [0.25, 0.3) is 0 Å². The zero-order chi connectivity index (χ0) is 50.0. The van der Waals surface area contributed by atoms with Gasteiger partial charge in [-0.05, 0) is 161 Å². The summed E-state index contributed by atoms with van der Waals surface area (Å²) in [7, 11) is 2.70. The number of hydrogen-bond acceptors (Lipinski definition) is 9. The van der Waals surface area contributed by atoms with Crippen molar-refractivity contribution in [3.8, 4) is 0 Å². The molecular formula is C59H62Br2O9. The minimum atomic E-state index is -0.389. The molecule has 9 nitrogen and oxygen atoms in total. The van der Waals surface area contributed by atoms with Crippen LogP contribution in [-0.4, -0.2) is 55.1 Å². The monoisotopic (exact) mass is 1070 g/mol. The molecule has 0 N–H and O–H groups in total. The molecule has 5 aromatic rings. The third kappa shape index (κ3) is 14.7. The lowest BCUT2D eigenvalue weighted by Gasteiger charge is -2.09. The Morgan fingerprint density at radius 3 is 1.37 bits per heavy atom. The Bertz CT molecular complexity index is 2690. The van der Waals surface area contributed by atoms with Crippen molar-refractivity contribution in [3.63, 3.8) is 0 Å².